The smallest absolute Gasteiger partial charge is 0.254 e. The summed E-state index contributed by atoms with van der Waals surface area (Å²) in [5, 5.41) is 0. The average Bonchev–Trinajstić information content (AvgIpc) is 2.67. The van der Waals surface area contributed by atoms with Crippen LogP contribution in [0.5, 0.6) is 5.75 Å². The van der Waals surface area contributed by atoms with E-state index >= 15 is 0 Å². The van der Waals surface area contributed by atoms with Crippen LogP contribution in [0.1, 0.15) is 28.8 Å². The molecular formula is C20H22N2O3. The summed E-state index contributed by atoms with van der Waals surface area (Å²) >= 11 is 0. The summed E-state index contributed by atoms with van der Waals surface area (Å²) < 4.78 is 5.78. The molecule has 3 rings (SSSR count). The van der Waals surface area contributed by atoms with Gasteiger partial charge in [0.2, 0.25) is 5.91 Å². The fourth-order valence-electron chi connectivity index (χ4n) is 3.10. The topological polar surface area (TPSA) is 72.6 Å². The van der Waals surface area contributed by atoms with Crippen LogP contribution >= 0.6 is 0 Å². The minimum Gasteiger partial charge on any atom is -0.489 e. The second kappa shape index (κ2) is 7.83. The maximum atomic E-state index is 12.9. The summed E-state index contributed by atoms with van der Waals surface area (Å²) in [5.74, 6) is 0.0957. The number of nitrogens with zero attached hydrogens (tertiary/aromatic N) is 1. The van der Waals surface area contributed by atoms with E-state index in [1.807, 2.05) is 48.5 Å². The molecule has 1 heterocycles. The third-order valence-electron chi connectivity index (χ3n) is 4.50. The standard InChI is InChI=1S/C20H22N2O3/c21-19(23)15-8-6-12-22(13-15)20(24)18-11-5-4-7-16(18)14-25-17-9-2-1-3-10-17/h1-5,7,9-11,15H,6,8,12-14H2,(H2,21,23). The molecule has 2 N–H and O–H groups in total. The van der Waals surface area contributed by atoms with Crippen molar-refractivity contribution in [3.63, 3.8) is 0 Å². The SMILES string of the molecule is NC(=O)C1CCCN(C(=O)c2ccccc2COc2ccccc2)C1. The summed E-state index contributed by atoms with van der Waals surface area (Å²) in [4.78, 5) is 26.1. The first-order chi connectivity index (χ1) is 12.1. The van der Waals surface area contributed by atoms with Crippen LogP contribution in [-0.4, -0.2) is 29.8 Å². The molecular weight excluding hydrogens is 316 g/mol. The molecule has 25 heavy (non-hydrogen) atoms. The Labute approximate surface area is 147 Å². The number of rotatable bonds is 5. The summed E-state index contributed by atoms with van der Waals surface area (Å²) in [5.41, 5.74) is 6.86. The van der Waals surface area contributed by atoms with Crippen LogP contribution in [0.3, 0.4) is 0 Å². The van der Waals surface area contributed by atoms with E-state index < -0.39 is 0 Å². The van der Waals surface area contributed by atoms with Gasteiger partial charge in [0.15, 0.2) is 0 Å². The van der Waals surface area contributed by atoms with Crippen molar-refractivity contribution in [1.29, 1.82) is 0 Å². The number of carbonyl (C=O) groups is 2. The maximum Gasteiger partial charge on any atom is 0.254 e. The highest BCUT2D eigenvalue weighted by molar-refractivity contribution is 5.96. The lowest BCUT2D eigenvalue weighted by molar-refractivity contribution is -0.123. The molecule has 2 aromatic carbocycles. The van der Waals surface area contributed by atoms with E-state index in [1.165, 1.54) is 0 Å². The Morgan fingerprint density at radius 3 is 2.56 bits per heavy atom. The summed E-state index contributed by atoms with van der Waals surface area (Å²) in [7, 11) is 0. The first-order valence-electron chi connectivity index (χ1n) is 8.49. The van der Waals surface area contributed by atoms with Crippen molar-refractivity contribution in [3.8, 4) is 5.75 Å². The molecule has 1 atom stereocenters. The van der Waals surface area contributed by atoms with E-state index in [1.54, 1.807) is 11.0 Å². The van der Waals surface area contributed by atoms with Gasteiger partial charge in [0.25, 0.3) is 5.91 Å². The van der Waals surface area contributed by atoms with E-state index in [2.05, 4.69) is 0 Å². The van der Waals surface area contributed by atoms with E-state index in [-0.39, 0.29) is 17.7 Å². The molecule has 1 saturated heterocycles. The molecule has 2 amide bonds. The van der Waals surface area contributed by atoms with Crippen molar-refractivity contribution >= 4 is 11.8 Å². The molecule has 1 aliphatic heterocycles. The molecule has 1 aliphatic rings. The van der Waals surface area contributed by atoms with E-state index in [0.717, 1.165) is 24.2 Å². The molecule has 1 fully saturated rings. The van der Waals surface area contributed by atoms with Gasteiger partial charge < -0.3 is 15.4 Å². The van der Waals surface area contributed by atoms with Crippen molar-refractivity contribution in [2.24, 2.45) is 11.7 Å². The minimum atomic E-state index is -0.335. The Hall–Kier alpha value is -2.82. The number of primary amides is 1. The molecule has 5 nitrogen and oxygen atoms in total. The molecule has 2 aromatic rings. The summed E-state index contributed by atoms with van der Waals surface area (Å²) in [6, 6.07) is 16.9. The Balaban J connectivity index is 1.73. The fourth-order valence-corrected chi connectivity index (χ4v) is 3.10. The van der Waals surface area contributed by atoms with Crippen LogP contribution in [0.4, 0.5) is 0 Å². The number of amides is 2. The van der Waals surface area contributed by atoms with Crippen molar-refractivity contribution in [1.82, 2.24) is 4.90 Å². The molecule has 5 heteroatoms. The zero-order valence-electron chi connectivity index (χ0n) is 14.1. The van der Waals surface area contributed by atoms with E-state index in [9.17, 15) is 9.59 Å². The number of likely N-dealkylation sites (tertiary alicyclic amines) is 1. The van der Waals surface area contributed by atoms with Crippen LogP contribution in [0, 0.1) is 5.92 Å². The molecule has 0 bridgehead atoms. The van der Waals surface area contributed by atoms with Crippen molar-refractivity contribution in [2.75, 3.05) is 13.1 Å². The number of hydrogen-bond donors (Lipinski definition) is 1. The molecule has 130 valence electrons. The zero-order chi connectivity index (χ0) is 17.6. The summed E-state index contributed by atoms with van der Waals surface area (Å²) in [6.45, 7) is 1.36. The van der Waals surface area contributed by atoms with Gasteiger partial charge in [-0.2, -0.15) is 0 Å². The largest absolute Gasteiger partial charge is 0.489 e. The highest BCUT2D eigenvalue weighted by atomic mass is 16.5. The molecule has 0 saturated carbocycles. The molecule has 1 unspecified atom stereocenters. The lowest BCUT2D eigenvalue weighted by Gasteiger charge is -2.31. The van der Waals surface area contributed by atoms with Gasteiger partial charge in [-0.1, -0.05) is 36.4 Å². The zero-order valence-corrected chi connectivity index (χ0v) is 14.1. The third-order valence-corrected chi connectivity index (χ3v) is 4.50. The van der Waals surface area contributed by atoms with Gasteiger partial charge in [0, 0.05) is 24.2 Å². The van der Waals surface area contributed by atoms with Crippen LogP contribution in [0.15, 0.2) is 54.6 Å². The number of carbonyl (C=O) groups excluding carboxylic acids is 2. The lowest BCUT2D eigenvalue weighted by Crippen LogP contribution is -2.44. The van der Waals surface area contributed by atoms with Crippen LogP contribution in [-0.2, 0) is 11.4 Å². The Bertz CT molecular complexity index is 746. The number of benzene rings is 2. The van der Waals surface area contributed by atoms with E-state index in [4.69, 9.17) is 10.5 Å². The Morgan fingerprint density at radius 2 is 1.80 bits per heavy atom. The summed E-state index contributed by atoms with van der Waals surface area (Å²) in [6.07, 6.45) is 1.54. The number of nitrogens with two attached hydrogens (primary N) is 1. The second-order valence-corrected chi connectivity index (χ2v) is 6.25. The average molecular weight is 338 g/mol. The van der Waals surface area contributed by atoms with Crippen molar-refractivity contribution < 1.29 is 14.3 Å². The monoisotopic (exact) mass is 338 g/mol. The van der Waals surface area contributed by atoms with Gasteiger partial charge in [0.05, 0.1) is 5.92 Å². The predicted octanol–water partition coefficient (Wildman–Crippen LogP) is 2.60. The number of para-hydroxylation sites is 1. The number of ether oxygens (including phenoxy) is 1. The molecule has 0 aromatic heterocycles. The van der Waals surface area contributed by atoms with Gasteiger partial charge in [-0.05, 0) is 31.0 Å². The van der Waals surface area contributed by atoms with Gasteiger partial charge in [0.1, 0.15) is 12.4 Å². The Kier molecular flexibility index (Phi) is 5.33. The first kappa shape index (κ1) is 17.0. The number of hydrogen-bond acceptors (Lipinski definition) is 3. The van der Waals surface area contributed by atoms with Gasteiger partial charge >= 0.3 is 0 Å². The van der Waals surface area contributed by atoms with Gasteiger partial charge in [-0.15, -0.1) is 0 Å². The van der Waals surface area contributed by atoms with Crippen LogP contribution in [0.2, 0.25) is 0 Å². The predicted molar refractivity (Wildman–Crippen MR) is 95.0 cm³/mol. The fraction of sp³-hybridized carbons (Fsp3) is 0.300. The third kappa shape index (κ3) is 4.18. The van der Waals surface area contributed by atoms with E-state index in [0.29, 0.717) is 25.3 Å². The highest BCUT2D eigenvalue weighted by Crippen LogP contribution is 2.21. The normalized spacial score (nSPS) is 17.1. The molecule has 0 radical (unpaired) electrons. The number of piperidine rings is 1. The van der Waals surface area contributed by atoms with Gasteiger partial charge in [-0.25, -0.2) is 0 Å². The maximum absolute atomic E-state index is 12.9. The first-order valence-corrected chi connectivity index (χ1v) is 8.49. The van der Waals surface area contributed by atoms with Crippen LogP contribution in [0.25, 0.3) is 0 Å². The van der Waals surface area contributed by atoms with Crippen molar-refractivity contribution in [2.45, 2.75) is 19.4 Å². The minimum absolute atomic E-state index is 0.0711. The lowest BCUT2D eigenvalue weighted by atomic mass is 9.96. The van der Waals surface area contributed by atoms with Crippen molar-refractivity contribution in [3.05, 3.63) is 65.7 Å². The van der Waals surface area contributed by atoms with Gasteiger partial charge in [-0.3, -0.25) is 9.59 Å². The quantitative estimate of drug-likeness (QED) is 0.911. The Morgan fingerprint density at radius 1 is 1.08 bits per heavy atom. The molecule has 0 spiro atoms. The molecule has 0 aliphatic carbocycles. The van der Waals surface area contributed by atoms with Crippen LogP contribution < -0.4 is 10.5 Å². The second-order valence-electron chi connectivity index (χ2n) is 6.25. The highest BCUT2D eigenvalue weighted by Gasteiger charge is 2.28.